The Kier molecular flexibility index (Phi) is 3.97. The number of nitrogens with two attached hydrogens (primary N) is 1. The first-order valence-corrected chi connectivity index (χ1v) is 5.91. The molecule has 0 radical (unpaired) electrons. The van der Waals surface area contributed by atoms with Crippen molar-refractivity contribution in [3.63, 3.8) is 0 Å². The fourth-order valence-electron chi connectivity index (χ4n) is 1.43. The number of carbonyl (C=O) groups excluding carboxylic acids is 1. The highest BCUT2D eigenvalue weighted by atomic mass is 79.9. The molecule has 3 N–H and O–H groups in total. The Hall–Kier alpha value is -1.03. The van der Waals surface area contributed by atoms with Gasteiger partial charge in [0.2, 0.25) is 5.91 Å². The molecule has 1 aromatic carbocycles. The number of nitrogens with one attached hydrogen (secondary N) is 1. The fraction of sp³-hybridized carbons (Fsp3) is 0.417. The van der Waals surface area contributed by atoms with E-state index in [-0.39, 0.29) is 17.4 Å². The van der Waals surface area contributed by atoms with E-state index in [0.717, 1.165) is 10.2 Å². The Balaban J connectivity index is 2.84. The van der Waals surface area contributed by atoms with Gasteiger partial charge in [0.15, 0.2) is 0 Å². The van der Waals surface area contributed by atoms with E-state index in [4.69, 9.17) is 5.73 Å². The van der Waals surface area contributed by atoms with Crippen LogP contribution in [0, 0.1) is 5.41 Å². The Morgan fingerprint density at radius 2 is 1.81 bits per heavy atom. The molecule has 0 aromatic heterocycles. The van der Waals surface area contributed by atoms with Gasteiger partial charge in [0.05, 0.1) is 0 Å². The maximum Gasteiger partial charge on any atom is 0.240 e. The molecule has 3 nitrogen and oxygen atoms in total. The number of carbonyl (C=O) groups is 1. The zero-order chi connectivity index (χ0) is 12.3. The minimum Gasteiger partial charge on any atom is -0.373 e. The third kappa shape index (κ3) is 3.52. The van der Waals surface area contributed by atoms with E-state index in [1.165, 1.54) is 0 Å². The lowest BCUT2D eigenvalue weighted by Gasteiger charge is -2.29. The van der Waals surface area contributed by atoms with Gasteiger partial charge in [0.1, 0.15) is 6.04 Å². The molecule has 0 spiro atoms. The van der Waals surface area contributed by atoms with Gasteiger partial charge in [-0.2, -0.15) is 0 Å². The quantitative estimate of drug-likeness (QED) is 0.897. The van der Waals surface area contributed by atoms with Gasteiger partial charge in [0, 0.05) is 10.2 Å². The SMILES string of the molecule is CC(C)(C)C(Nc1ccc(Br)cc1)C(N)=O. The molecule has 0 heterocycles. The molecule has 0 saturated heterocycles. The van der Waals surface area contributed by atoms with Crippen molar-refractivity contribution in [2.75, 3.05) is 5.32 Å². The van der Waals surface area contributed by atoms with E-state index >= 15 is 0 Å². The predicted molar refractivity (Wildman–Crippen MR) is 70.2 cm³/mol. The largest absolute Gasteiger partial charge is 0.373 e. The average Bonchev–Trinajstić information content (AvgIpc) is 2.14. The van der Waals surface area contributed by atoms with E-state index in [0.29, 0.717) is 0 Å². The number of halogens is 1. The molecule has 1 atom stereocenters. The molecule has 0 aliphatic heterocycles. The zero-order valence-corrected chi connectivity index (χ0v) is 11.3. The summed E-state index contributed by atoms with van der Waals surface area (Å²) in [7, 11) is 0. The van der Waals surface area contributed by atoms with E-state index in [9.17, 15) is 4.79 Å². The first-order chi connectivity index (χ1) is 7.30. The number of rotatable bonds is 3. The van der Waals surface area contributed by atoms with Crippen molar-refractivity contribution in [2.45, 2.75) is 26.8 Å². The summed E-state index contributed by atoms with van der Waals surface area (Å²) in [6.45, 7) is 5.94. The number of benzene rings is 1. The smallest absolute Gasteiger partial charge is 0.240 e. The van der Waals surface area contributed by atoms with Crippen molar-refractivity contribution < 1.29 is 4.79 Å². The van der Waals surface area contributed by atoms with Gasteiger partial charge in [-0.05, 0) is 29.7 Å². The van der Waals surface area contributed by atoms with Crippen LogP contribution in [0.3, 0.4) is 0 Å². The van der Waals surface area contributed by atoms with Crippen LogP contribution < -0.4 is 11.1 Å². The Bertz CT molecular complexity index is 368. The minimum atomic E-state index is -0.381. The van der Waals surface area contributed by atoms with Crippen LogP contribution >= 0.6 is 15.9 Å². The van der Waals surface area contributed by atoms with Crippen LogP contribution in [0.4, 0.5) is 5.69 Å². The normalized spacial score (nSPS) is 13.2. The van der Waals surface area contributed by atoms with E-state index in [2.05, 4.69) is 21.2 Å². The van der Waals surface area contributed by atoms with Gasteiger partial charge < -0.3 is 11.1 Å². The van der Waals surface area contributed by atoms with Gasteiger partial charge in [-0.25, -0.2) is 0 Å². The van der Waals surface area contributed by atoms with Gasteiger partial charge in [0.25, 0.3) is 0 Å². The van der Waals surface area contributed by atoms with Crippen LogP contribution in [-0.2, 0) is 4.79 Å². The number of amides is 1. The van der Waals surface area contributed by atoms with Crippen molar-refractivity contribution in [2.24, 2.45) is 11.1 Å². The Labute approximate surface area is 105 Å². The average molecular weight is 285 g/mol. The number of hydrogen-bond donors (Lipinski definition) is 2. The first kappa shape index (κ1) is 13.0. The van der Waals surface area contributed by atoms with E-state index in [1.807, 2.05) is 45.0 Å². The molecule has 0 aliphatic rings. The summed E-state index contributed by atoms with van der Waals surface area (Å²) in [5.41, 5.74) is 6.07. The van der Waals surface area contributed by atoms with Crippen LogP contribution in [0.1, 0.15) is 20.8 Å². The molecule has 0 saturated carbocycles. The molecule has 0 bridgehead atoms. The van der Waals surface area contributed by atoms with Gasteiger partial charge in [-0.15, -0.1) is 0 Å². The van der Waals surface area contributed by atoms with Crippen molar-refractivity contribution in [1.82, 2.24) is 0 Å². The van der Waals surface area contributed by atoms with Crippen LogP contribution in [0.2, 0.25) is 0 Å². The molecular formula is C12H17BrN2O. The second-order valence-corrected chi connectivity index (χ2v) is 5.77. The summed E-state index contributed by atoms with van der Waals surface area (Å²) in [6, 6.07) is 7.28. The van der Waals surface area contributed by atoms with Crippen molar-refractivity contribution in [3.8, 4) is 0 Å². The highest BCUT2D eigenvalue weighted by Gasteiger charge is 2.29. The lowest BCUT2D eigenvalue weighted by molar-refractivity contribution is -0.120. The van der Waals surface area contributed by atoms with E-state index < -0.39 is 0 Å². The predicted octanol–water partition coefficient (Wildman–Crippen LogP) is 2.76. The number of anilines is 1. The molecule has 4 heteroatoms. The summed E-state index contributed by atoms with van der Waals surface area (Å²) < 4.78 is 1.00. The summed E-state index contributed by atoms with van der Waals surface area (Å²) in [5, 5.41) is 3.15. The monoisotopic (exact) mass is 284 g/mol. The minimum absolute atomic E-state index is 0.209. The Morgan fingerprint density at radius 1 is 1.31 bits per heavy atom. The molecular weight excluding hydrogens is 268 g/mol. The van der Waals surface area contributed by atoms with Crippen LogP contribution in [-0.4, -0.2) is 11.9 Å². The molecule has 0 fully saturated rings. The molecule has 1 amide bonds. The number of hydrogen-bond acceptors (Lipinski definition) is 2. The van der Waals surface area contributed by atoms with Crippen molar-refractivity contribution >= 4 is 27.5 Å². The first-order valence-electron chi connectivity index (χ1n) is 5.12. The summed E-state index contributed by atoms with van der Waals surface area (Å²) in [4.78, 5) is 11.4. The highest BCUT2D eigenvalue weighted by Crippen LogP contribution is 2.23. The third-order valence-electron chi connectivity index (χ3n) is 2.31. The fourth-order valence-corrected chi connectivity index (χ4v) is 1.69. The van der Waals surface area contributed by atoms with E-state index in [1.54, 1.807) is 0 Å². The topological polar surface area (TPSA) is 55.1 Å². The summed E-state index contributed by atoms with van der Waals surface area (Å²) in [6.07, 6.45) is 0. The standard InChI is InChI=1S/C12H17BrN2O/c1-12(2,3)10(11(14)16)15-9-6-4-8(13)5-7-9/h4-7,10,15H,1-3H3,(H2,14,16). The molecule has 1 rings (SSSR count). The van der Waals surface area contributed by atoms with Crippen molar-refractivity contribution in [1.29, 1.82) is 0 Å². The lowest BCUT2D eigenvalue weighted by atomic mass is 9.86. The van der Waals surface area contributed by atoms with Gasteiger partial charge in [-0.3, -0.25) is 4.79 Å². The molecule has 16 heavy (non-hydrogen) atoms. The van der Waals surface area contributed by atoms with Crippen LogP contribution in [0.25, 0.3) is 0 Å². The second kappa shape index (κ2) is 4.87. The second-order valence-electron chi connectivity index (χ2n) is 4.85. The highest BCUT2D eigenvalue weighted by molar-refractivity contribution is 9.10. The maximum absolute atomic E-state index is 11.4. The maximum atomic E-state index is 11.4. The van der Waals surface area contributed by atoms with Gasteiger partial charge in [-0.1, -0.05) is 36.7 Å². The van der Waals surface area contributed by atoms with Crippen molar-refractivity contribution in [3.05, 3.63) is 28.7 Å². The third-order valence-corrected chi connectivity index (χ3v) is 2.83. The summed E-state index contributed by atoms with van der Waals surface area (Å²) >= 11 is 3.36. The summed E-state index contributed by atoms with van der Waals surface area (Å²) in [5.74, 6) is -0.338. The zero-order valence-electron chi connectivity index (χ0n) is 9.75. The lowest BCUT2D eigenvalue weighted by Crippen LogP contribution is -2.45. The molecule has 1 unspecified atom stereocenters. The Morgan fingerprint density at radius 3 is 2.19 bits per heavy atom. The van der Waals surface area contributed by atoms with Gasteiger partial charge >= 0.3 is 0 Å². The van der Waals surface area contributed by atoms with Crippen LogP contribution in [0.15, 0.2) is 28.7 Å². The molecule has 1 aromatic rings. The molecule has 0 aliphatic carbocycles. The van der Waals surface area contributed by atoms with Crippen LogP contribution in [0.5, 0.6) is 0 Å². The number of primary amides is 1. The molecule has 88 valence electrons.